The molecule has 0 aromatic carbocycles. The monoisotopic (exact) mass is 243 g/mol. The lowest BCUT2D eigenvalue weighted by atomic mass is 9.96. The van der Waals surface area contributed by atoms with Gasteiger partial charge in [-0.2, -0.15) is 0 Å². The zero-order valence-corrected chi connectivity index (χ0v) is 11.0. The van der Waals surface area contributed by atoms with Crippen molar-refractivity contribution in [2.45, 2.75) is 38.7 Å². The fraction of sp³-hybridized carbons (Fsp3) is 0.917. The Balaban J connectivity index is 2.35. The van der Waals surface area contributed by atoms with Gasteiger partial charge < -0.3 is 20.7 Å². The summed E-state index contributed by atoms with van der Waals surface area (Å²) in [7, 11) is 0. The molecule has 1 unspecified atom stereocenters. The fourth-order valence-corrected chi connectivity index (χ4v) is 2.07. The van der Waals surface area contributed by atoms with Crippen LogP contribution in [0.15, 0.2) is 0 Å². The van der Waals surface area contributed by atoms with E-state index in [1.165, 1.54) is 0 Å². The Kier molecular flexibility index (Phi) is 6.29. The second-order valence-corrected chi connectivity index (χ2v) is 4.57. The number of morpholine rings is 1. The molecular weight excluding hydrogens is 218 g/mol. The van der Waals surface area contributed by atoms with E-state index in [2.05, 4.69) is 22.9 Å². The summed E-state index contributed by atoms with van der Waals surface area (Å²) in [5, 5.41) is 9.03. The summed E-state index contributed by atoms with van der Waals surface area (Å²) in [6.07, 6.45) is 2.97. The highest BCUT2D eigenvalue weighted by molar-refractivity contribution is 5.73. The number of hydrogen-bond donors (Lipinski definition) is 3. The first-order valence-electron chi connectivity index (χ1n) is 6.59. The molecule has 1 saturated heterocycles. The Bertz CT molecular complexity index is 222. The van der Waals surface area contributed by atoms with E-state index >= 15 is 0 Å². The highest BCUT2D eigenvalue weighted by atomic mass is 16.5. The summed E-state index contributed by atoms with van der Waals surface area (Å²) in [5.74, 6) is 0. The maximum Gasteiger partial charge on any atom is 0.314 e. The molecule has 5 nitrogen and oxygen atoms in total. The van der Waals surface area contributed by atoms with Crippen molar-refractivity contribution in [3.05, 3.63) is 0 Å². The molecule has 0 aromatic heterocycles. The summed E-state index contributed by atoms with van der Waals surface area (Å²) in [6.45, 7) is 7.89. The highest BCUT2D eigenvalue weighted by Crippen LogP contribution is 2.18. The van der Waals surface area contributed by atoms with Crippen molar-refractivity contribution in [3.8, 4) is 0 Å². The Morgan fingerprint density at radius 1 is 1.35 bits per heavy atom. The molecule has 1 aliphatic heterocycles. The molecule has 0 aromatic rings. The van der Waals surface area contributed by atoms with Crippen LogP contribution in [-0.2, 0) is 4.74 Å². The molecule has 1 heterocycles. The average Bonchev–Trinajstić information content (AvgIpc) is 2.35. The largest absolute Gasteiger partial charge is 0.371 e. The predicted octanol–water partition coefficient (Wildman–Crippen LogP) is 0.854. The summed E-state index contributed by atoms with van der Waals surface area (Å²) in [6, 6.07) is -0.100. The van der Waals surface area contributed by atoms with Gasteiger partial charge in [0.25, 0.3) is 0 Å². The van der Waals surface area contributed by atoms with Crippen LogP contribution in [0.1, 0.15) is 33.1 Å². The van der Waals surface area contributed by atoms with Gasteiger partial charge in [-0.25, -0.2) is 4.79 Å². The molecule has 2 amide bonds. The minimum absolute atomic E-state index is 0.100. The van der Waals surface area contributed by atoms with Gasteiger partial charge in [0.2, 0.25) is 0 Å². The zero-order chi connectivity index (χ0) is 12.6. The SMILES string of the molecule is CCCNC(=O)NCC1(CCC)CNCCO1. The number of amides is 2. The number of ether oxygens (including phenoxy) is 1. The van der Waals surface area contributed by atoms with E-state index in [4.69, 9.17) is 4.74 Å². The molecule has 0 spiro atoms. The van der Waals surface area contributed by atoms with E-state index in [1.807, 2.05) is 6.92 Å². The first-order valence-corrected chi connectivity index (χ1v) is 6.59. The van der Waals surface area contributed by atoms with E-state index in [1.54, 1.807) is 0 Å². The molecule has 1 atom stereocenters. The average molecular weight is 243 g/mol. The summed E-state index contributed by atoms with van der Waals surface area (Å²) in [5.41, 5.74) is -0.226. The Hall–Kier alpha value is -0.810. The summed E-state index contributed by atoms with van der Waals surface area (Å²) < 4.78 is 5.86. The molecule has 0 aliphatic carbocycles. The number of rotatable bonds is 6. The van der Waals surface area contributed by atoms with Crippen LogP contribution in [0, 0.1) is 0 Å². The van der Waals surface area contributed by atoms with Gasteiger partial charge in [-0.05, 0) is 12.8 Å². The molecule has 1 rings (SSSR count). The number of carbonyl (C=O) groups excluding carboxylic acids is 1. The van der Waals surface area contributed by atoms with Gasteiger partial charge in [0, 0.05) is 26.2 Å². The second kappa shape index (κ2) is 7.50. The van der Waals surface area contributed by atoms with Crippen LogP contribution in [0.3, 0.4) is 0 Å². The lowest BCUT2D eigenvalue weighted by Crippen LogP contribution is -2.56. The van der Waals surface area contributed by atoms with Crippen molar-refractivity contribution in [2.75, 3.05) is 32.8 Å². The summed E-state index contributed by atoms with van der Waals surface area (Å²) >= 11 is 0. The molecule has 0 saturated carbocycles. The van der Waals surface area contributed by atoms with E-state index in [9.17, 15) is 4.79 Å². The molecule has 5 heteroatoms. The maximum atomic E-state index is 11.5. The van der Waals surface area contributed by atoms with Crippen molar-refractivity contribution in [1.29, 1.82) is 0 Å². The lowest BCUT2D eigenvalue weighted by Gasteiger charge is -2.37. The molecular formula is C12H25N3O2. The van der Waals surface area contributed by atoms with Crippen LogP contribution in [0.25, 0.3) is 0 Å². The molecule has 100 valence electrons. The van der Waals surface area contributed by atoms with Gasteiger partial charge in [-0.3, -0.25) is 0 Å². The lowest BCUT2D eigenvalue weighted by molar-refractivity contribution is -0.0681. The molecule has 3 N–H and O–H groups in total. The summed E-state index contributed by atoms with van der Waals surface area (Å²) in [4.78, 5) is 11.5. The van der Waals surface area contributed by atoms with E-state index in [0.29, 0.717) is 13.1 Å². The second-order valence-electron chi connectivity index (χ2n) is 4.57. The number of carbonyl (C=O) groups is 1. The Morgan fingerprint density at radius 2 is 2.18 bits per heavy atom. The van der Waals surface area contributed by atoms with Gasteiger partial charge in [0.15, 0.2) is 0 Å². The van der Waals surface area contributed by atoms with Crippen LogP contribution >= 0.6 is 0 Å². The van der Waals surface area contributed by atoms with Crippen LogP contribution in [-0.4, -0.2) is 44.4 Å². The first-order chi connectivity index (χ1) is 8.22. The van der Waals surface area contributed by atoms with Crippen LogP contribution in [0.2, 0.25) is 0 Å². The van der Waals surface area contributed by atoms with Gasteiger partial charge >= 0.3 is 6.03 Å². The standard InChI is InChI=1S/C12H25N3O2/c1-3-5-12(9-13-7-8-17-12)10-15-11(16)14-6-4-2/h13H,3-10H2,1-2H3,(H2,14,15,16). The van der Waals surface area contributed by atoms with Gasteiger partial charge in [-0.15, -0.1) is 0 Å². The number of urea groups is 1. The van der Waals surface area contributed by atoms with Gasteiger partial charge in [0.1, 0.15) is 0 Å². The Morgan fingerprint density at radius 3 is 2.76 bits per heavy atom. The smallest absolute Gasteiger partial charge is 0.314 e. The highest BCUT2D eigenvalue weighted by Gasteiger charge is 2.32. The first kappa shape index (κ1) is 14.3. The third-order valence-corrected chi connectivity index (χ3v) is 2.95. The fourth-order valence-electron chi connectivity index (χ4n) is 2.07. The molecule has 17 heavy (non-hydrogen) atoms. The van der Waals surface area contributed by atoms with Crippen molar-refractivity contribution in [1.82, 2.24) is 16.0 Å². The molecule has 1 fully saturated rings. The van der Waals surface area contributed by atoms with Crippen molar-refractivity contribution in [3.63, 3.8) is 0 Å². The van der Waals surface area contributed by atoms with E-state index in [-0.39, 0.29) is 11.6 Å². The third-order valence-electron chi connectivity index (χ3n) is 2.95. The van der Waals surface area contributed by atoms with Crippen molar-refractivity contribution < 1.29 is 9.53 Å². The van der Waals surface area contributed by atoms with Gasteiger partial charge in [-0.1, -0.05) is 20.3 Å². The zero-order valence-electron chi connectivity index (χ0n) is 11.0. The van der Waals surface area contributed by atoms with Crippen molar-refractivity contribution >= 4 is 6.03 Å². The number of nitrogens with one attached hydrogen (secondary N) is 3. The van der Waals surface area contributed by atoms with Crippen LogP contribution in [0.5, 0.6) is 0 Å². The number of hydrogen-bond acceptors (Lipinski definition) is 3. The van der Waals surface area contributed by atoms with Gasteiger partial charge in [0.05, 0.1) is 12.2 Å². The minimum Gasteiger partial charge on any atom is -0.371 e. The minimum atomic E-state index is -0.226. The third kappa shape index (κ3) is 4.91. The maximum absolute atomic E-state index is 11.5. The van der Waals surface area contributed by atoms with Crippen LogP contribution < -0.4 is 16.0 Å². The van der Waals surface area contributed by atoms with E-state index < -0.39 is 0 Å². The normalized spacial score (nSPS) is 24.4. The molecule has 0 bridgehead atoms. The quantitative estimate of drug-likeness (QED) is 0.648. The molecule has 1 aliphatic rings. The van der Waals surface area contributed by atoms with Crippen molar-refractivity contribution in [2.24, 2.45) is 0 Å². The topological polar surface area (TPSA) is 62.4 Å². The Labute approximate surface area is 104 Å². The van der Waals surface area contributed by atoms with E-state index in [0.717, 1.165) is 39.0 Å². The predicted molar refractivity (Wildman–Crippen MR) is 68.2 cm³/mol. The van der Waals surface area contributed by atoms with Crippen LogP contribution in [0.4, 0.5) is 4.79 Å². The molecule has 0 radical (unpaired) electrons.